The molecule has 4 N–H and O–H groups in total. The molecule has 1 saturated carbocycles. The zero-order valence-corrected chi connectivity index (χ0v) is 8.95. The molecular formula is C12H17NO2. The fourth-order valence-electron chi connectivity index (χ4n) is 1.74. The lowest BCUT2D eigenvalue weighted by Gasteiger charge is -2.10. The molecule has 2 rings (SSSR count). The maximum Gasteiger partial charge on any atom is 0.122 e. The molecule has 0 spiro atoms. The highest BCUT2D eigenvalue weighted by molar-refractivity contribution is 5.44. The molecule has 0 unspecified atom stereocenters. The molecule has 0 atom stereocenters. The molecule has 0 bridgehead atoms. The maximum atomic E-state index is 9.63. The topological polar surface area (TPSA) is 66.5 Å². The van der Waals surface area contributed by atoms with Gasteiger partial charge >= 0.3 is 0 Å². The number of nitrogens with two attached hydrogens (primary N) is 1. The normalized spacial score (nSPS) is 17.7. The monoisotopic (exact) mass is 207 g/mol. The molecule has 0 aliphatic heterocycles. The van der Waals surface area contributed by atoms with Gasteiger partial charge in [0.2, 0.25) is 0 Å². The zero-order valence-electron chi connectivity index (χ0n) is 8.95. The highest BCUT2D eigenvalue weighted by Gasteiger charge is 2.37. The third-order valence-corrected chi connectivity index (χ3v) is 3.18. The van der Waals surface area contributed by atoms with E-state index in [0.717, 1.165) is 36.8 Å². The van der Waals surface area contributed by atoms with Gasteiger partial charge in [0.25, 0.3) is 0 Å². The summed E-state index contributed by atoms with van der Waals surface area (Å²) in [6.07, 6.45) is 3.86. The van der Waals surface area contributed by atoms with Gasteiger partial charge in [-0.25, -0.2) is 0 Å². The van der Waals surface area contributed by atoms with Crippen molar-refractivity contribution < 1.29 is 10.2 Å². The van der Waals surface area contributed by atoms with Gasteiger partial charge < -0.3 is 15.9 Å². The van der Waals surface area contributed by atoms with Crippen molar-refractivity contribution in [1.29, 1.82) is 0 Å². The number of hydrogen-bond donors (Lipinski definition) is 3. The first-order chi connectivity index (χ1) is 7.00. The Labute approximate surface area is 89.5 Å². The summed E-state index contributed by atoms with van der Waals surface area (Å²) in [4.78, 5) is 0. The molecule has 3 heteroatoms. The van der Waals surface area contributed by atoms with Crippen LogP contribution in [-0.2, 0) is 6.42 Å². The number of phenolic OH excluding ortho intramolecular Hbond substituents is 2. The highest BCUT2D eigenvalue weighted by Crippen LogP contribution is 2.38. The van der Waals surface area contributed by atoms with Crippen molar-refractivity contribution in [2.24, 2.45) is 5.73 Å². The summed E-state index contributed by atoms with van der Waals surface area (Å²) >= 11 is 0. The van der Waals surface area contributed by atoms with Crippen LogP contribution < -0.4 is 5.73 Å². The van der Waals surface area contributed by atoms with E-state index in [4.69, 9.17) is 5.73 Å². The van der Waals surface area contributed by atoms with Gasteiger partial charge in [-0.15, -0.1) is 0 Å². The standard InChI is InChI=1S/C12H17NO2/c1-8-6-9(11(15)7-10(8)14)2-3-12(13)4-5-12/h6-7,14-15H,2-5,13H2,1H3. The Morgan fingerprint density at radius 2 is 1.93 bits per heavy atom. The highest BCUT2D eigenvalue weighted by atomic mass is 16.3. The smallest absolute Gasteiger partial charge is 0.122 e. The predicted octanol–water partition coefficient (Wildman–Crippen LogP) is 1.83. The van der Waals surface area contributed by atoms with E-state index >= 15 is 0 Å². The van der Waals surface area contributed by atoms with Crippen molar-refractivity contribution in [3.63, 3.8) is 0 Å². The van der Waals surface area contributed by atoms with E-state index in [1.807, 2.05) is 13.0 Å². The van der Waals surface area contributed by atoms with Gasteiger partial charge in [0.05, 0.1) is 0 Å². The Balaban J connectivity index is 2.10. The summed E-state index contributed by atoms with van der Waals surface area (Å²) in [6, 6.07) is 3.23. The fraction of sp³-hybridized carbons (Fsp3) is 0.500. The summed E-state index contributed by atoms with van der Waals surface area (Å²) in [6.45, 7) is 1.83. The Bertz CT molecular complexity index is 383. The van der Waals surface area contributed by atoms with E-state index in [0.29, 0.717) is 0 Å². The molecule has 1 aliphatic rings. The first-order valence-corrected chi connectivity index (χ1v) is 5.30. The van der Waals surface area contributed by atoms with Crippen LogP contribution in [0.2, 0.25) is 0 Å². The number of rotatable bonds is 3. The molecule has 1 fully saturated rings. The van der Waals surface area contributed by atoms with E-state index < -0.39 is 0 Å². The Hall–Kier alpha value is -1.22. The number of aromatic hydroxyl groups is 2. The molecule has 3 nitrogen and oxygen atoms in total. The van der Waals surface area contributed by atoms with Crippen molar-refractivity contribution in [1.82, 2.24) is 0 Å². The van der Waals surface area contributed by atoms with Gasteiger partial charge in [-0.05, 0) is 49.8 Å². The average Bonchev–Trinajstić information content (AvgIpc) is 2.89. The summed E-state index contributed by atoms with van der Waals surface area (Å²) in [7, 11) is 0. The van der Waals surface area contributed by atoms with Gasteiger partial charge in [0, 0.05) is 11.6 Å². The molecule has 0 saturated heterocycles. The first-order valence-electron chi connectivity index (χ1n) is 5.30. The van der Waals surface area contributed by atoms with Crippen LogP contribution in [0.5, 0.6) is 11.5 Å². The molecule has 15 heavy (non-hydrogen) atoms. The molecule has 0 heterocycles. The summed E-state index contributed by atoms with van der Waals surface area (Å²) in [5, 5.41) is 19.0. The van der Waals surface area contributed by atoms with Crippen molar-refractivity contribution in [3.8, 4) is 11.5 Å². The lowest BCUT2D eigenvalue weighted by Crippen LogP contribution is -2.22. The number of phenols is 2. The first kappa shape index (κ1) is 10.3. The molecule has 82 valence electrons. The molecule has 1 aliphatic carbocycles. The van der Waals surface area contributed by atoms with Crippen LogP contribution in [0.3, 0.4) is 0 Å². The van der Waals surface area contributed by atoms with Gasteiger partial charge in [0.1, 0.15) is 11.5 Å². The van der Waals surface area contributed by atoms with Gasteiger partial charge in [-0.3, -0.25) is 0 Å². The van der Waals surface area contributed by atoms with Gasteiger partial charge in [0.15, 0.2) is 0 Å². The van der Waals surface area contributed by atoms with E-state index in [2.05, 4.69) is 0 Å². The summed E-state index contributed by atoms with van der Waals surface area (Å²) in [5.41, 5.74) is 7.67. The van der Waals surface area contributed by atoms with Crippen LogP contribution in [0.15, 0.2) is 12.1 Å². The largest absolute Gasteiger partial charge is 0.508 e. The fourth-order valence-corrected chi connectivity index (χ4v) is 1.74. The Kier molecular flexibility index (Phi) is 2.35. The van der Waals surface area contributed by atoms with Crippen LogP contribution >= 0.6 is 0 Å². The average molecular weight is 207 g/mol. The van der Waals surface area contributed by atoms with Crippen molar-refractivity contribution >= 4 is 0 Å². The summed E-state index contributed by atoms with van der Waals surface area (Å²) in [5.74, 6) is 0.312. The van der Waals surface area contributed by atoms with Gasteiger partial charge in [-0.1, -0.05) is 0 Å². The van der Waals surface area contributed by atoms with Crippen LogP contribution in [-0.4, -0.2) is 15.8 Å². The summed E-state index contributed by atoms with van der Waals surface area (Å²) < 4.78 is 0. The number of aryl methyl sites for hydroxylation is 2. The molecule has 1 aromatic carbocycles. The second-order valence-corrected chi connectivity index (χ2v) is 4.63. The van der Waals surface area contributed by atoms with Crippen LogP contribution in [0.25, 0.3) is 0 Å². The van der Waals surface area contributed by atoms with Crippen molar-refractivity contribution in [2.45, 2.75) is 38.1 Å². The lowest BCUT2D eigenvalue weighted by molar-refractivity contribution is 0.441. The second kappa shape index (κ2) is 3.42. The molecule has 0 aromatic heterocycles. The maximum absolute atomic E-state index is 9.63. The van der Waals surface area contributed by atoms with Gasteiger partial charge in [-0.2, -0.15) is 0 Å². The van der Waals surface area contributed by atoms with E-state index in [9.17, 15) is 10.2 Å². The third kappa shape index (κ3) is 2.23. The van der Waals surface area contributed by atoms with Crippen LogP contribution in [0.4, 0.5) is 0 Å². The van der Waals surface area contributed by atoms with Crippen molar-refractivity contribution in [3.05, 3.63) is 23.3 Å². The number of hydrogen-bond acceptors (Lipinski definition) is 3. The Morgan fingerprint density at radius 1 is 1.27 bits per heavy atom. The van der Waals surface area contributed by atoms with E-state index in [-0.39, 0.29) is 17.0 Å². The lowest BCUT2D eigenvalue weighted by atomic mass is 10.0. The van der Waals surface area contributed by atoms with Crippen molar-refractivity contribution in [2.75, 3.05) is 0 Å². The third-order valence-electron chi connectivity index (χ3n) is 3.18. The molecule has 0 radical (unpaired) electrons. The van der Waals surface area contributed by atoms with Crippen LogP contribution in [0.1, 0.15) is 30.4 Å². The molecule has 1 aromatic rings. The predicted molar refractivity (Wildman–Crippen MR) is 59.0 cm³/mol. The second-order valence-electron chi connectivity index (χ2n) is 4.63. The van der Waals surface area contributed by atoms with Crippen LogP contribution in [0, 0.1) is 6.92 Å². The molecule has 0 amide bonds. The minimum absolute atomic E-state index is 0.0121. The minimum Gasteiger partial charge on any atom is -0.508 e. The quantitative estimate of drug-likeness (QED) is 0.708. The van der Waals surface area contributed by atoms with E-state index in [1.54, 1.807) is 0 Å². The zero-order chi connectivity index (χ0) is 11.1. The van der Waals surface area contributed by atoms with E-state index in [1.165, 1.54) is 6.07 Å². The number of benzene rings is 1. The SMILES string of the molecule is Cc1cc(CCC2(N)CC2)c(O)cc1O. The minimum atomic E-state index is 0.0121. The molecular weight excluding hydrogens is 190 g/mol. The Morgan fingerprint density at radius 3 is 2.53 bits per heavy atom.